The van der Waals surface area contributed by atoms with Gasteiger partial charge in [0.2, 0.25) is 5.91 Å². The molecule has 0 aromatic heterocycles. The molecular weight excluding hydrogens is 257 g/mol. The maximum atomic E-state index is 12.0. The second-order valence-electron chi connectivity index (χ2n) is 3.68. The fourth-order valence-electron chi connectivity index (χ4n) is 1.03. The molecule has 0 saturated heterocycles. The summed E-state index contributed by atoms with van der Waals surface area (Å²) in [5, 5.41) is 0. The van der Waals surface area contributed by atoms with Gasteiger partial charge >= 0.3 is 7.82 Å². The molecule has 0 N–H and O–H groups in total. The smallest absolute Gasteiger partial charge is 0.409 e. The van der Waals surface area contributed by atoms with E-state index in [0.717, 1.165) is 0 Å². The van der Waals surface area contributed by atoms with Crippen LogP contribution in [0.4, 0.5) is 0 Å². The minimum atomic E-state index is -3.55. The Hall–Kier alpha value is -0.840. The van der Waals surface area contributed by atoms with Crippen LogP contribution in [0.5, 0.6) is 0 Å². The van der Waals surface area contributed by atoms with Crippen molar-refractivity contribution in [2.75, 3.05) is 27.3 Å². The molecule has 7 heteroatoms. The van der Waals surface area contributed by atoms with E-state index in [-0.39, 0.29) is 25.5 Å². The number of hydrogen-bond acceptors (Lipinski definition) is 5. The summed E-state index contributed by atoms with van der Waals surface area (Å²) < 4.78 is 27.1. The van der Waals surface area contributed by atoms with Crippen LogP contribution in [0, 0.1) is 0 Å². The quantitative estimate of drug-likeness (QED) is 0.504. The second-order valence-corrected chi connectivity index (χ2v) is 5.27. The van der Waals surface area contributed by atoms with E-state index in [2.05, 4.69) is 0 Å². The Morgan fingerprint density at radius 3 is 2.11 bits per heavy atom. The Bertz CT molecular complexity index is 330. The molecule has 0 unspecified atom stereocenters. The van der Waals surface area contributed by atoms with Crippen LogP contribution in [0.25, 0.3) is 0 Å². The fourth-order valence-corrected chi connectivity index (χ4v) is 2.27. The molecule has 0 aromatic rings. The standard InChI is InChI=1S/C11H22NO5P/c1-6-15-18(14,16-7-2)17-10(3)8-9-11(13)12(4)5/h8H,6-7,9H2,1-5H3/b10-8+. The zero-order valence-electron chi connectivity index (χ0n) is 11.6. The molecule has 0 heterocycles. The van der Waals surface area contributed by atoms with Gasteiger partial charge in [-0.25, -0.2) is 4.57 Å². The number of amides is 1. The predicted molar refractivity (Wildman–Crippen MR) is 69.0 cm³/mol. The molecule has 6 nitrogen and oxygen atoms in total. The lowest BCUT2D eigenvalue weighted by Crippen LogP contribution is -2.20. The molecule has 18 heavy (non-hydrogen) atoms. The highest BCUT2D eigenvalue weighted by atomic mass is 31.2. The lowest BCUT2D eigenvalue weighted by atomic mass is 10.3. The van der Waals surface area contributed by atoms with Gasteiger partial charge in [-0.15, -0.1) is 0 Å². The van der Waals surface area contributed by atoms with Gasteiger partial charge < -0.3 is 9.42 Å². The summed E-state index contributed by atoms with van der Waals surface area (Å²) >= 11 is 0. The average molecular weight is 279 g/mol. The van der Waals surface area contributed by atoms with E-state index in [1.54, 1.807) is 40.9 Å². The molecule has 0 bridgehead atoms. The first-order valence-corrected chi connectivity index (χ1v) is 7.26. The Morgan fingerprint density at radius 2 is 1.72 bits per heavy atom. The van der Waals surface area contributed by atoms with Crippen molar-refractivity contribution in [2.45, 2.75) is 27.2 Å². The van der Waals surface area contributed by atoms with E-state index in [9.17, 15) is 9.36 Å². The monoisotopic (exact) mass is 279 g/mol. The molecule has 1 amide bonds. The maximum Gasteiger partial charge on any atom is 0.529 e. The van der Waals surface area contributed by atoms with Gasteiger partial charge in [-0.1, -0.05) is 0 Å². The zero-order valence-corrected chi connectivity index (χ0v) is 12.5. The van der Waals surface area contributed by atoms with Gasteiger partial charge in [0, 0.05) is 20.5 Å². The van der Waals surface area contributed by atoms with Crippen LogP contribution < -0.4 is 0 Å². The van der Waals surface area contributed by atoms with Crippen molar-refractivity contribution < 1.29 is 22.9 Å². The molecule has 0 rings (SSSR count). The average Bonchev–Trinajstić information content (AvgIpc) is 2.25. The van der Waals surface area contributed by atoms with E-state index in [1.807, 2.05) is 0 Å². The third kappa shape index (κ3) is 6.79. The van der Waals surface area contributed by atoms with E-state index in [0.29, 0.717) is 5.76 Å². The second kappa shape index (κ2) is 8.29. The van der Waals surface area contributed by atoms with Crippen LogP contribution in [0.15, 0.2) is 11.8 Å². The lowest BCUT2D eigenvalue weighted by Gasteiger charge is -2.17. The number of carbonyl (C=O) groups excluding carboxylic acids is 1. The largest absolute Gasteiger partial charge is 0.529 e. The van der Waals surface area contributed by atoms with Crippen molar-refractivity contribution in [2.24, 2.45) is 0 Å². The molecule has 0 aliphatic heterocycles. The summed E-state index contributed by atoms with van der Waals surface area (Å²) in [6, 6.07) is 0. The first kappa shape index (κ1) is 17.2. The Kier molecular flexibility index (Phi) is 7.91. The number of phosphoric acid groups is 1. The maximum absolute atomic E-state index is 12.0. The highest BCUT2D eigenvalue weighted by Crippen LogP contribution is 2.51. The van der Waals surface area contributed by atoms with Gasteiger partial charge in [0.15, 0.2) is 0 Å². The van der Waals surface area contributed by atoms with Crippen molar-refractivity contribution >= 4 is 13.7 Å². The van der Waals surface area contributed by atoms with E-state index < -0.39 is 7.82 Å². The topological polar surface area (TPSA) is 65.1 Å². The molecule has 0 radical (unpaired) electrons. The number of carbonyl (C=O) groups is 1. The molecule has 106 valence electrons. The minimum absolute atomic E-state index is 0.0689. The van der Waals surface area contributed by atoms with Gasteiger partial charge in [0.05, 0.1) is 13.2 Å². The molecule has 0 fully saturated rings. The number of phosphoric ester groups is 1. The lowest BCUT2D eigenvalue weighted by molar-refractivity contribution is -0.127. The van der Waals surface area contributed by atoms with Crippen LogP contribution >= 0.6 is 7.82 Å². The van der Waals surface area contributed by atoms with Gasteiger partial charge in [-0.2, -0.15) is 0 Å². The van der Waals surface area contributed by atoms with E-state index in [1.165, 1.54) is 4.90 Å². The first-order valence-electron chi connectivity index (χ1n) is 5.80. The molecule has 0 atom stereocenters. The highest BCUT2D eigenvalue weighted by Gasteiger charge is 2.26. The van der Waals surface area contributed by atoms with Gasteiger partial charge in [0.1, 0.15) is 5.76 Å². The van der Waals surface area contributed by atoms with Gasteiger partial charge in [-0.3, -0.25) is 13.8 Å². The van der Waals surface area contributed by atoms with Crippen LogP contribution in [0.1, 0.15) is 27.2 Å². The fraction of sp³-hybridized carbons (Fsp3) is 0.727. The number of rotatable bonds is 8. The van der Waals surface area contributed by atoms with E-state index >= 15 is 0 Å². The van der Waals surface area contributed by atoms with Crippen molar-refractivity contribution in [3.63, 3.8) is 0 Å². The van der Waals surface area contributed by atoms with Crippen LogP contribution in [-0.2, 0) is 22.9 Å². The molecule has 0 aliphatic rings. The summed E-state index contributed by atoms with van der Waals surface area (Å²) in [5.74, 6) is 0.274. The van der Waals surface area contributed by atoms with Crippen LogP contribution in [0.2, 0.25) is 0 Å². The SMILES string of the molecule is CCOP(=O)(OCC)O/C(C)=C/CC(=O)N(C)C. The normalized spacial score (nSPS) is 12.4. The first-order chi connectivity index (χ1) is 8.34. The predicted octanol–water partition coefficient (Wildman–Crippen LogP) is 2.57. The number of nitrogens with zero attached hydrogens (tertiary/aromatic N) is 1. The van der Waals surface area contributed by atoms with Crippen molar-refractivity contribution in [3.8, 4) is 0 Å². The van der Waals surface area contributed by atoms with Gasteiger partial charge in [-0.05, 0) is 26.8 Å². The Balaban J connectivity index is 4.50. The van der Waals surface area contributed by atoms with Crippen LogP contribution in [-0.4, -0.2) is 38.1 Å². The number of hydrogen-bond donors (Lipinski definition) is 0. The summed E-state index contributed by atoms with van der Waals surface area (Å²) in [5.41, 5.74) is 0. The van der Waals surface area contributed by atoms with Gasteiger partial charge in [0.25, 0.3) is 0 Å². The van der Waals surface area contributed by atoms with E-state index in [4.69, 9.17) is 13.6 Å². The Labute approximate surface area is 109 Å². The van der Waals surface area contributed by atoms with Crippen LogP contribution in [0.3, 0.4) is 0 Å². The summed E-state index contributed by atoms with van der Waals surface area (Å²) in [6.07, 6.45) is 1.73. The Morgan fingerprint density at radius 1 is 1.22 bits per heavy atom. The molecule has 0 aromatic carbocycles. The van der Waals surface area contributed by atoms with Crippen molar-refractivity contribution in [3.05, 3.63) is 11.8 Å². The zero-order chi connectivity index (χ0) is 14.2. The highest BCUT2D eigenvalue weighted by molar-refractivity contribution is 7.48. The summed E-state index contributed by atoms with van der Waals surface area (Å²) in [7, 11) is -0.224. The number of allylic oxidation sites excluding steroid dienone is 1. The molecule has 0 saturated carbocycles. The third-order valence-electron chi connectivity index (χ3n) is 1.89. The molecule has 0 spiro atoms. The molecular formula is C11H22NO5P. The minimum Gasteiger partial charge on any atom is -0.409 e. The molecule has 0 aliphatic carbocycles. The van der Waals surface area contributed by atoms with Crippen molar-refractivity contribution in [1.29, 1.82) is 0 Å². The summed E-state index contributed by atoms with van der Waals surface area (Å²) in [4.78, 5) is 12.8. The van der Waals surface area contributed by atoms with Crippen molar-refractivity contribution in [1.82, 2.24) is 4.90 Å². The summed E-state index contributed by atoms with van der Waals surface area (Å²) in [6.45, 7) is 5.45. The third-order valence-corrected chi connectivity index (χ3v) is 3.55.